The molecule has 1 aromatic heterocycles. The number of aromatic nitrogens is 1. The van der Waals surface area contributed by atoms with Crippen LogP contribution in [0.2, 0.25) is 0 Å². The van der Waals surface area contributed by atoms with Crippen molar-refractivity contribution in [1.82, 2.24) is 15.2 Å². The number of nitrogen functional groups attached to an aromatic ring is 1. The summed E-state index contributed by atoms with van der Waals surface area (Å²) in [7, 11) is 0. The first-order valence-electron chi connectivity index (χ1n) is 6.33. The fraction of sp³-hybridized carbons (Fsp3) is 0.417. The molecule has 1 aromatic rings. The maximum absolute atomic E-state index is 11.4. The number of primary amides is 1. The number of rotatable bonds is 3. The van der Waals surface area contributed by atoms with Gasteiger partial charge in [0, 0.05) is 32.4 Å². The fourth-order valence-corrected chi connectivity index (χ4v) is 2.17. The number of piperazine rings is 1. The lowest BCUT2D eigenvalue weighted by molar-refractivity contribution is -0.121. The molecule has 8 nitrogen and oxygen atoms in total. The van der Waals surface area contributed by atoms with Crippen LogP contribution in [0.25, 0.3) is 0 Å². The quantitative estimate of drug-likeness (QED) is 0.651. The number of pyridine rings is 1. The average molecular weight is 278 g/mol. The van der Waals surface area contributed by atoms with E-state index in [4.69, 9.17) is 11.5 Å². The number of carbonyl (C=O) groups is 2. The molecule has 0 atom stereocenters. The Morgan fingerprint density at radius 2 is 2.00 bits per heavy atom. The van der Waals surface area contributed by atoms with Crippen molar-refractivity contribution >= 4 is 23.4 Å². The van der Waals surface area contributed by atoms with Crippen molar-refractivity contribution in [3.8, 4) is 0 Å². The van der Waals surface area contributed by atoms with Gasteiger partial charge in [-0.2, -0.15) is 0 Å². The Hall–Kier alpha value is -2.35. The number of anilines is 2. The lowest BCUT2D eigenvalue weighted by Crippen LogP contribution is -2.50. The lowest BCUT2D eigenvalue weighted by atomic mass is 10.3. The number of amides is 3. The van der Waals surface area contributed by atoms with Gasteiger partial charge >= 0.3 is 6.03 Å². The number of nitrogens with two attached hydrogens (primary N) is 2. The Morgan fingerprint density at radius 1 is 1.30 bits per heavy atom. The molecule has 0 unspecified atom stereocenters. The van der Waals surface area contributed by atoms with Crippen molar-refractivity contribution in [3.05, 3.63) is 18.3 Å². The molecular formula is C12H18N6O2. The summed E-state index contributed by atoms with van der Waals surface area (Å²) in [6.07, 6.45) is 1.71. The monoisotopic (exact) mass is 278 g/mol. The van der Waals surface area contributed by atoms with Crippen molar-refractivity contribution < 1.29 is 9.59 Å². The molecule has 1 aliphatic rings. The molecule has 2 heterocycles. The van der Waals surface area contributed by atoms with Gasteiger partial charge in [0.25, 0.3) is 0 Å². The van der Waals surface area contributed by atoms with Crippen LogP contribution in [0.1, 0.15) is 0 Å². The van der Waals surface area contributed by atoms with E-state index in [9.17, 15) is 9.59 Å². The first kappa shape index (κ1) is 14.1. The molecule has 5 N–H and O–H groups in total. The summed E-state index contributed by atoms with van der Waals surface area (Å²) in [5.74, 6) is 0.386. The summed E-state index contributed by atoms with van der Waals surface area (Å²) < 4.78 is 0. The third-order valence-corrected chi connectivity index (χ3v) is 3.12. The molecule has 1 saturated heterocycles. The van der Waals surface area contributed by atoms with E-state index >= 15 is 0 Å². The van der Waals surface area contributed by atoms with Crippen molar-refractivity contribution in [2.24, 2.45) is 5.73 Å². The van der Waals surface area contributed by atoms with Gasteiger partial charge in [0.1, 0.15) is 0 Å². The number of urea groups is 1. The third kappa shape index (κ3) is 3.58. The zero-order chi connectivity index (χ0) is 14.5. The molecule has 108 valence electrons. The van der Waals surface area contributed by atoms with Crippen molar-refractivity contribution in [3.63, 3.8) is 0 Å². The summed E-state index contributed by atoms with van der Waals surface area (Å²) in [5, 5.41) is 2.05. The van der Waals surface area contributed by atoms with E-state index in [1.54, 1.807) is 12.3 Å². The van der Waals surface area contributed by atoms with E-state index in [0.717, 1.165) is 18.9 Å². The number of hydrogen-bond donors (Lipinski definition) is 3. The number of imide groups is 1. The summed E-state index contributed by atoms with van der Waals surface area (Å²) in [4.78, 5) is 30.3. The third-order valence-electron chi connectivity index (χ3n) is 3.12. The van der Waals surface area contributed by atoms with Gasteiger partial charge in [-0.1, -0.05) is 0 Å². The Labute approximate surface area is 116 Å². The van der Waals surface area contributed by atoms with Gasteiger partial charge in [0.15, 0.2) is 5.82 Å². The van der Waals surface area contributed by atoms with E-state index in [2.05, 4.69) is 15.2 Å². The molecule has 3 amide bonds. The highest BCUT2D eigenvalue weighted by molar-refractivity contribution is 5.94. The minimum absolute atomic E-state index is 0.161. The maximum Gasteiger partial charge on any atom is 0.318 e. The van der Waals surface area contributed by atoms with Crippen molar-refractivity contribution in [1.29, 1.82) is 0 Å². The molecule has 0 aromatic carbocycles. The molecule has 0 aliphatic carbocycles. The van der Waals surface area contributed by atoms with Crippen LogP contribution >= 0.6 is 0 Å². The van der Waals surface area contributed by atoms with Gasteiger partial charge in [0.05, 0.1) is 12.2 Å². The van der Waals surface area contributed by atoms with Gasteiger partial charge in [0.2, 0.25) is 5.91 Å². The zero-order valence-corrected chi connectivity index (χ0v) is 11.1. The normalized spacial score (nSPS) is 15.9. The highest BCUT2D eigenvalue weighted by Gasteiger charge is 2.21. The largest absolute Gasteiger partial charge is 0.396 e. The van der Waals surface area contributed by atoms with Crippen LogP contribution in [-0.2, 0) is 4.79 Å². The second-order valence-electron chi connectivity index (χ2n) is 4.59. The molecule has 0 spiro atoms. The SMILES string of the molecule is NC(=O)NC(=O)CN1CCN(c2ncccc2N)CC1. The molecule has 1 aliphatic heterocycles. The summed E-state index contributed by atoms with van der Waals surface area (Å²) >= 11 is 0. The fourth-order valence-electron chi connectivity index (χ4n) is 2.17. The molecular weight excluding hydrogens is 260 g/mol. The van der Waals surface area contributed by atoms with E-state index in [1.807, 2.05) is 11.0 Å². The molecule has 0 bridgehead atoms. The van der Waals surface area contributed by atoms with Crippen LogP contribution in [0.5, 0.6) is 0 Å². The zero-order valence-electron chi connectivity index (χ0n) is 11.1. The van der Waals surface area contributed by atoms with Crippen LogP contribution < -0.4 is 21.7 Å². The standard InChI is InChI=1S/C12H18N6O2/c13-9-2-1-3-15-11(9)18-6-4-17(5-7-18)8-10(19)16-12(14)20/h1-3H,4-8,13H2,(H3,14,16,19,20). The average Bonchev–Trinajstić information content (AvgIpc) is 2.39. The van der Waals surface area contributed by atoms with Crippen LogP contribution in [0, 0.1) is 0 Å². The Balaban J connectivity index is 1.85. The van der Waals surface area contributed by atoms with Crippen LogP contribution in [0.15, 0.2) is 18.3 Å². The summed E-state index contributed by atoms with van der Waals surface area (Å²) in [5.41, 5.74) is 11.4. The van der Waals surface area contributed by atoms with Crippen LogP contribution in [0.4, 0.5) is 16.3 Å². The molecule has 2 rings (SSSR count). The van der Waals surface area contributed by atoms with E-state index in [0.29, 0.717) is 18.8 Å². The first-order chi connectivity index (χ1) is 9.56. The lowest BCUT2D eigenvalue weighted by Gasteiger charge is -2.35. The van der Waals surface area contributed by atoms with E-state index in [1.165, 1.54) is 0 Å². The minimum atomic E-state index is -0.824. The highest BCUT2D eigenvalue weighted by Crippen LogP contribution is 2.20. The summed E-state index contributed by atoms with van der Waals surface area (Å²) in [6, 6.07) is 2.79. The maximum atomic E-state index is 11.4. The predicted molar refractivity (Wildman–Crippen MR) is 75.0 cm³/mol. The second kappa shape index (κ2) is 6.20. The predicted octanol–water partition coefficient (Wildman–Crippen LogP) is -1.02. The van der Waals surface area contributed by atoms with Gasteiger partial charge < -0.3 is 16.4 Å². The first-order valence-corrected chi connectivity index (χ1v) is 6.33. The topological polar surface area (TPSA) is 118 Å². The smallest absolute Gasteiger partial charge is 0.318 e. The highest BCUT2D eigenvalue weighted by atomic mass is 16.2. The van der Waals surface area contributed by atoms with Crippen molar-refractivity contribution in [2.75, 3.05) is 43.4 Å². The number of nitrogens with zero attached hydrogens (tertiary/aromatic N) is 3. The Kier molecular flexibility index (Phi) is 4.36. The number of carbonyl (C=O) groups excluding carboxylic acids is 2. The van der Waals surface area contributed by atoms with Gasteiger partial charge in [-0.25, -0.2) is 9.78 Å². The van der Waals surface area contributed by atoms with Crippen LogP contribution in [0.3, 0.4) is 0 Å². The number of hydrogen-bond acceptors (Lipinski definition) is 6. The van der Waals surface area contributed by atoms with E-state index < -0.39 is 6.03 Å². The van der Waals surface area contributed by atoms with Gasteiger partial charge in [-0.3, -0.25) is 15.0 Å². The molecule has 0 radical (unpaired) electrons. The molecule has 1 fully saturated rings. The van der Waals surface area contributed by atoms with Gasteiger partial charge in [-0.05, 0) is 12.1 Å². The molecule has 20 heavy (non-hydrogen) atoms. The van der Waals surface area contributed by atoms with Crippen molar-refractivity contribution in [2.45, 2.75) is 0 Å². The van der Waals surface area contributed by atoms with Gasteiger partial charge in [-0.15, -0.1) is 0 Å². The molecule has 0 saturated carbocycles. The second-order valence-corrected chi connectivity index (χ2v) is 4.59. The summed E-state index contributed by atoms with van der Waals surface area (Å²) in [6.45, 7) is 3.01. The van der Waals surface area contributed by atoms with Crippen LogP contribution in [-0.4, -0.2) is 54.5 Å². The minimum Gasteiger partial charge on any atom is -0.396 e. The Morgan fingerprint density at radius 3 is 2.60 bits per heavy atom. The Bertz CT molecular complexity index is 498. The molecule has 8 heteroatoms. The van der Waals surface area contributed by atoms with E-state index in [-0.39, 0.29) is 12.5 Å². The number of nitrogens with one attached hydrogen (secondary N) is 1.